The zero-order chi connectivity index (χ0) is 20.6. The van der Waals surface area contributed by atoms with E-state index in [0.29, 0.717) is 18.1 Å². The highest BCUT2D eigenvalue weighted by molar-refractivity contribution is 5.97. The van der Waals surface area contributed by atoms with Gasteiger partial charge in [-0.25, -0.2) is 5.43 Å². The van der Waals surface area contributed by atoms with Crippen molar-refractivity contribution in [3.8, 4) is 17.2 Å². The van der Waals surface area contributed by atoms with Gasteiger partial charge in [-0.05, 0) is 48.4 Å². The number of amides is 1. The van der Waals surface area contributed by atoms with Gasteiger partial charge in [0.2, 0.25) is 0 Å². The quantitative estimate of drug-likeness (QED) is 0.471. The lowest BCUT2D eigenvalue weighted by molar-refractivity contribution is 0.0952. The zero-order valence-corrected chi connectivity index (χ0v) is 16.3. The molecular formula is C23H22N2O4. The van der Waals surface area contributed by atoms with Gasteiger partial charge in [0, 0.05) is 0 Å². The second-order valence-electron chi connectivity index (χ2n) is 6.40. The summed E-state index contributed by atoms with van der Waals surface area (Å²) in [5, 5.41) is 13.7. The number of nitrogens with one attached hydrogen (secondary N) is 1. The number of carbonyl (C=O) groups is 1. The predicted octanol–water partition coefficient (Wildman–Crippen LogP) is 4.05. The van der Waals surface area contributed by atoms with Crippen LogP contribution in [0.3, 0.4) is 0 Å². The predicted molar refractivity (Wildman–Crippen MR) is 112 cm³/mol. The summed E-state index contributed by atoms with van der Waals surface area (Å²) in [7, 11) is 1.58. The van der Waals surface area contributed by atoms with Crippen molar-refractivity contribution in [3.05, 3.63) is 89.0 Å². The first-order chi connectivity index (χ1) is 14.1. The first-order valence-electron chi connectivity index (χ1n) is 9.04. The molecule has 0 bridgehead atoms. The minimum absolute atomic E-state index is 0.101. The molecule has 0 unspecified atom stereocenters. The highest BCUT2D eigenvalue weighted by Crippen LogP contribution is 2.28. The summed E-state index contributed by atoms with van der Waals surface area (Å²) in [6.45, 7) is 2.44. The lowest BCUT2D eigenvalue weighted by Gasteiger charge is -2.11. The molecule has 0 saturated heterocycles. The largest absolute Gasteiger partial charge is 0.507 e. The van der Waals surface area contributed by atoms with Crippen LogP contribution in [0, 0.1) is 6.92 Å². The number of carbonyl (C=O) groups excluding carboxylic acids is 1. The maximum atomic E-state index is 12.1. The Morgan fingerprint density at radius 1 is 1.07 bits per heavy atom. The number of hydrogen-bond donors (Lipinski definition) is 2. The normalized spacial score (nSPS) is 10.7. The first kappa shape index (κ1) is 19.9. The van der Waals surface area contributed by atoms with Crippen molar-refractivity contribution in [3.63, 3.8) is 0 Å². The first-order valence-corrected chi connectivity index (χ1v) is 9.04. The van der Waals surface area contributed by atoms with E-state index in [9.17, 15) is 9.90 Å². The number of phenols is 1. The number of aromatic hydroxyl groups is 1. The van der Waals surface area contributed by atoms with E-state index in [0.717, 1.165) is 11.1 Å². The van der Waals surface area contributed by atoms with Crippen molar-refractivity contribution in [1.82, 2.24) is 5.43 Å². The van der Waals surface area contributed by atoms with Gasteiger partial charge in [-0.2, -0.15) is 5.10 Å². The Hall–Kier alpha value is -3.80. The van der Waals surface area contributed by atoms with E-state index in [1.807, 2.05) is 31.2 Å². The molecule has 0 radical (unpaired) electrons. The molecule has 3 rings (SSSR count). The Kier molecular flexibility index (Phi) is 6.47. The molecule has 0 aliphatic heterocycles. The van der Waals surface area contributed by atoms with Gasteiger partial charge in [-0.1, -0.05) is 42.0 Å². The van der Waals surface area contributed by atoms with Crippen LogP contribution in [-0.4, -0.2) is 24.3 Å². The molecule has 0 aliphatic carbocycles. The Labute approximate surface area is 169 Å². The van der Waals surface area contributed by atoms with E-state index < -0.39 is 5.91 Å². The molecule has 0 aliphatic rings. The monoisotopic (exact) mass is 390 g/mol. The molecule has 2 N–H and O–H groups in total. The van der Waals surface area contributed by atoms with Crippen molar-refractivity contribution in [2.24, 2.45) is 5.10 Å². The van der Waals surface area contributed by atoms with Crippen LogP contribution in [0.1, 0.15) is 27.0 Å². The lowest BCUT2D eigenvalue weighted by atomic mass is 10.1. The molecule has 6 nitrogen and oxygen atoms in total. The zero-order valence-electron chi connectivity index (χ0n) is 16.3. The SMILES string of the molecule is COc1ccc(/C=N\NC(=O)c2ccccc2O)cc1OCc1ccc(C)cc1. The van der Waals surface area contributed by atoms with E-state index in [1.165, 1.54) is 23.9 Å². The summed E-state index contributed by atoms with van der Waals surface area (Å²) in [4.78, 5) is 12.1. The summed E-state index contributed by atoms with van der Waals surface area (Å²) in [5.41, 5.74) is 5.51. The average Bonchev–Trinajstić information content (AvgIpc) is 2.73. The molecule has 3 aromatic carbocycles. The van der Waals surface area contributed by atoms with Crippen molar-refractivity contribution in [2.45, 2.75) is 13.5 Å². The molecule has 0 spiro atoms. The highest BCUT2D eigenvalue weighted by atomic mass is 16.5. The topological polar surface area (TPSA) is 80.2 Å². The third kappa shape index (κ3) is 5.35. The van der Waals surface area contributed by atoms with Crippen LogP contribution in [0.5, 0.6) is 17.2 Å². The molecule has 1 amide bonds. The Balaban J connectivity index is 1.67. The smallest absolute Gasteiger partial charge is 0.275 e. The number of para-hydroxylation sites is 1. The Morgan fingerprint density at radius 3 is 2.55 bits per heavy atom. The van der Waals surface area contributed by atoms with Crippen LogP contribution in [-0.2, 0) is 6.61 Å². The number of hydrogen-bond acceptors (Lipinski definition) is 5. The number of phenolic OH excluding ortho intramolecular Hbond substituents is 1. The maximum absolute atomic E-state index is 12.1. The molecule has 0 heterocycles. The van der Waals surface area contributed by atoms with E-state index in [2.05, 4.69) is 10.5 Å². The molecule has 0 aromatic heterocycles. The molecule has 6 heteroatoms. The number of nitrogens with zero attached hydrogens (tertiary/aromatic N) is 1. The molecule has 0 atom stereocenters. The number of hydrazone groups is 1. The molecule has 29 heavy (non-hydrogen) atoms. The van der Waals surface area contributed by atoms with Gasteiger partial charge in [-0.3, -0.25) is 4.79 Å². The van der Waals surface area contributed by atoms with E-state index >= 15 is 0 Å². The van der Waals surface area contributed by atoms with Crippen LogP contribution in [0.15, 0.2) is 71.8 Å². The van der Waals surface area contributed by atoms with Crippen molar-refractivity contribution in [2.75, 3.05) is 7.11 Å². The van der Waals surface area contributed by atoms with Crippen LogP contribution in [0.25, 0.3) is 0 Å². The minimum Gasteiger partial charge on any atom is -0.507 e. The maximum Gasteiger partial charge on any atom is 0.275 e. The van der Waals surface area contributed by atoms with E-state index in [-0.39, 0.29) is 11.3 Å². The third-order valence-corrected chi connectivity index (χ3v) is 4.23. The van der Waals surface area contributed by atoms with Gasteiger partial charge in [0.15, 0.2) is 11.5 Å². The fourth-order valence-electron chi connectivity index (χ4n) is 2.62. The molecular weight excluding hydrogens is 368 g/mol. The van der Waals surface area contributed by atoms with Gasteiger partial charge in [-0.15, -0.1) is 0 Å². The Morgan fingerprint density at radius 2 is 1.83 bits per heavy atom. The summed E-state index contributed by atoms with van der Waals surface area (Å²) >= 11 is 0. The minimum atomic E-state index is -0.497. The van der Waals surface area contributed by atoms with E-state index in [4.69, 9.17) is 9.47 Å². The van der Waals surface area contributed by atoms with Gasteiger partial charge in [0.25, 0.3) is 5.91 Å². The second kappa shape index (κ2) is 9.41. The highest BCUT2D eigenvalue weighted by Gasteiger charge is 2.09. The molecule has 0 saturated carbocycles. The summed E-state index contributed by atoms with van der Waals surface area (Å²) < 4.78 is 11.3. The Bertz CT molecular complexity index is 1010. The van der Waals surface area contributed by atoms with E-state index in [1.54, 1.807) is 37.4 Å². The number of benzene rings is 3. The van der Waals surface area contributed by atoms with Crippen LogP contribution >= 0.6 is 0 Å². The third-order valence-electron chi connectivity index (χ3n) is 4.23. The number of methoxy groups -OCH3 is 1. The van der Waals surface area contributed by atoms with Crippen LogP contribution < -0.4 is 14.9 Å². The number of aryl methyl sites for hydroxylation is 1. The van der Waals surface area contributed by atoms with Crippen LogP contribution in [0.2, 0.25) is 0 Å². The van der Waals surface area contributed by atoms with Gasteiger partial charge < -0.3 is 14.6 Å². The fraction of sp³-hybridized carbons (Fsp3) is 0.130. The molecule has 0 fully saturated rings. The second-order valence-corrected chi connectivity index (χ2v) is 6.40. The molecule has 148 valence electrons. The van der Waals surface area contributed by atoms with Crippen molar-refractivity contribution in [1.29, 1.82) is 0 Å². The van der Waals surface area contributed by atoms with Crippen molar-refractivity contribution < 1.29 is 19.4 Å². The standard InChI is InChI=1S/C23H22N2O4/c1-16-7-9-17(10-8-16)15-29-22-13-18(11-12-21(22)28-2)14-24-25-23(27)19-5-3-4-6-20(19)26/h3-14,26H,15H2,1-2H3,(H,25,27)/b24-14-. The van der Waals surface area contributed by atoms with Crippen LogP contribution in [0.4, 0.5) is 0 Å². The van der Waals surface area contributed by atoms with Gasteiger partial charge in [0.05, 0.1) is 18.9 Å². The lowest BCUT2D eigenvalue weighted by Crippen LogP contribution is -2.17. The van der Waals surface area contributed by atoms with Gasteiger partial charge in [0.1, 0.15) is 12.4 Å². The number of ether oxygens (including phenoxy) is 2. The molecule has 3 aromatic rings. The summed E-state index contributed by atoms with van der Waals surface area (Å²) in [6.07, 6.45) is 1.50. The summed E-state index contributed by atoms with van der Waals surface area (Å²) in [5.74, 6) is 0.580. The number of rotatable bonds is 7. The summed E-state index contributed by atoms with van der Waals surface area (Å²) in [6, 6.07) is 19.7. The van der Waals surface area contributed by atoms with Crippen molar-refractivity contribution >= 4 is 12.1 Å². The van der Waals surface area contributed by atoms with Gasteiger partial charge >= 0.3 is 0 Å². The fourth-order valence-corrected chi connectivity index (χ4v) is 2.62. The average molecular weight is 390 g/mol.